The number of halogens is 3. The van der Waals surface area contributed by atoms with Crippen LogP contribution in [-0.4, -0.2) is 19.6 Å². The first-order valence-corrected chi connectivity index (χ1v) is 6.17. The molecule has 1 fully saturated rings. The van der Waals surface area contributed by atoms with Crippen LogP contribution in [0.15, 0.2) is 24.3 Å². The predicted octanol–water partition coefficient (Wildman–Crippen LogP) is 3.12. The van der Waals surface area contributed by atoms with Crippen LogP contribution in [0.4, 0.5) is 18.9 Å². The summed E-state index contributed by atoms with van der Waals surface area (Å²) in [6.45, 7) is 2.78. The van der Waals surface area contributed by atoms with Gasteiger partial charge in [-0.25, -0.2) is 0 Å². The Morgan fingerprint density at radius 1 is 1.33 bits per heavy atom. The van der Waals surface area contributed by atoms with E-state index in [1.165, 1.54) is 6.07 Å². The standard InChI is InChI=1S/C13H17F3N2/c14-13(15,16)11-2-1-3-12(8-11)18-7-5-10-4-6-17-9-10/h1-3,8,10,17-18H,4-7,9H2. The van der Waals surface area contributed by atoms with E-state index in [1.54, 1.807) is 6.07 Å². The lowest BCUT2D eigenvalue weighted by Gasteiger charge is -2.12. The van der Waals surface area contributed by atoms with E-state index in [2.05, 4.69) is 10.6 Å². The maximum Gasteiger partial charge on any atom is 0.416 e. The summed E-state index contributed by atoms with van der Waals surface area (Å²) in [6, 6.07) is 5.35. The molecule has 1 unspecified atom stereocenters. The highest BCUT2D eigenvalue weighted by molar-refractivity contribution is 5.46. The lowest BCUT2D eigenvalue weighted by atomic mass is 10.1. The van der Waals surface area contributed by atoms with Gasteiger partial charge in [-0.1, -0.05) is 6.07 Å². The van der Waals surface area contributed by atoms with Crippen molar-refractivity contribution >= 4 is 5.69 Å². The Bertz CT molecular complexity index is 384. The molecule has 1 aromatic rings. The SMILES string of the molecule is FC(F)(F)c1cccc(NCCC2CCNC2)c1. The van der Waals surface area contributed by atoms with Crippen molar-refractivity contribution in [2.45, 2.75) is 19.0 Å². The van der Waals surface area contributed by atoms with Crippen LogP contribution in [-0.2, 0) is 6.18 Å². The van der Waals surface area contributed by atoms with E-state index in [-0.39, 0.29) is 0 Å². The van der Waals surface area contributed by atoms with Crippen molar-refractivity contribution in [3.05, 3.63) is 29.8 Å². The molecular formula is C13H17F3N2. The van der Waals surface area contributed by atoms with Crippen LogP contribution < -0.4 is 10.6 Å². The minimum absolute atomic E-state index is 0.538. The third-order valence-corrected chi connectivity index (χ3v) is 3.23. The molecule has 1 saturated heterocycles. The third kappa shape index (κ3) is 3.63. The fourth-order valence-corrected chi connectivity index (χ4v) is 2.19. The fourth-order valence-electron chi connectivity index (χ4n) is 2.19. The molecule has 1 heterocycles. The van der Waals surface area contributed by atoms with Gasteiger partial charge in [0.1, 0.15) is 0 Å². The number of nitrogens with one attached hydrogen (secondary N) is 2. The lowest BCUT2D eigenvalue weighted by molar-refractivity contribution is -0.137. The number of benzene rings is 1. The van der Waals surface area contributed by atoms with Crippen LogP contribution in [0.3, 0.4) is 0 Å². The van der Waals surface area contributed by atoms with Crippen LogP contribution in [0.5, 0.6) is 0 Å². The highest BCUT2D eigenvalue weighted by Crippen LogP contribution is 2.30. The second-order valence-corrected chi connectivity index (χ2v) is 4.65. The van der Waals surface area contributed by atoms with Crippen LogP contribution in [0, 0.1) is 5.92 Å². The second-order valence-electron chi connectivity index (χ2n) is 4.65. The normalized spacial score (nSPS) is 20.1. The van der Waals surface area contributed by atoms with Gasteiger partial charge >= 0.3 is 6.18 Å². The monoisotopic (exact) mass is 258 g/mol. The van der Waals surface area contributed by atoms with Crippen molar-refractivity contribution in [2.24, 2.45) is 5.92 Å². The molecule has 0 bridgehead atoms. The van der Waals surface area contributed by atoms with E-state index in [4.69, 9.17) is 0 Å². The Morgan fingerprint density at radius 2 is 2.17 bits per heavy atom. The van der Waals surface area contributed by atoms with Crippen LogP contribution >= 0.6 is 0 Å². The Kier molecular flexibility index (Phi) is 4.11. The van der Waals surface area contributed by atoms with Gasteiger partial charge in [-0.3, -0.25) is 0 Å². The van der Waals surface area contributed by atoms with E-state index < -0.39 is 11.7 Å². The van der Waals surface area contributed by atoms with E-state index in [1.807, 2.05) is 0 Å². The zero-order valence-electron chi connectivity index (χ0n) is 10.1. The quantitative estimate of drug-likeness (QED) is 0.867. The Balaban J connectivity index is 1.85. The van der Waals surface area contributed by atoms with Gasteiger partial charge in [0, 0.05) is 12.2 Å². The summed E-state index contributed by atoms with van der Waals surface area (Å²) in [5.41, 5.74) is -0.0641. The van der Waals surface area contributed by atoms with Gasteiger partial charge in [-0.2, -0.15) is 13.2 Å². The minimum Gasteiger partial charge on any atom is -0.385 e. The zero-order chi connectivity index (χ0) is 13.0. The Morgan fingerprint density at radius 3 is 2.83 bits per heavy atom. The average molecular weight is 258 g/mol. The summed E-state index contributed by atoms with van der Waals surface area (Å²) in [5, 5.41) is 6.33. The number of hydrogen-bond acceptors (Lipinski definition) is 2. The summed E-state index contributed by atoms with van der Waals surface area (Å²) in [5.74, 6) is 0.642. The summed E-state index contributed by atoms with van der Waals surface area (Å²) in [4.78, 5) is 0. The Hall–Kier alpha value is -1.23. The zero-order valence-corrected chi connectivity index (χ0v) is 10.1. The van der Waals surface area contributed by atoms with Crippen LogP contribution in [0.25, 0.3) is 0 Å². The summed E-state index contributed by atoms with van der Waals surface area (Å²) < 4.78 is 37.5. The van der Waals surface area contributed by atoms with Crippen LogP contribution in [0.1, 0.15) is 18.4 Å². The molecular weight excluding hydrogens is 241 g/mol. The van der Waals surface area contributed by atoms with Gasteiger partial charge in [0.15, 0.2) is 0 Å². The molecule has 1 atom stereocenters. The molecule has 0 amide bonds. The molecule has 2 N–H and O–H groups in total. The van der Waals surface area contributed by atoms with Gasteiger partial charge in [-0.15, -0.1) is 0 Å². The van der Waals surface area contributed by atoms with E-state index in [9.17, 15) is 13.2 Å². The molecule has 100 valence electrons. The molecule has 5 heteroatoms. The molecule has 1 aliphatic rings. The van der Waals surface area contributed by atoms with Crippen molar-refractivity contribution in [2.75, 3.05) is 25.0 Å². The molecule has 2 nitrogen and oxygen atoms in total. The number of hydrogen-bond donors (Lipinski definition) is 2. The number of rotatable bonds is 4. The van der Waals surface area contributed by atoms with Crippen molar-refractivity contribution < 1.29 is 13.2 Å². The molecule has 18 heavy (non-hydrogen) atoms. The molecule has 0 aliphatic carbocycles. The number of anilines is 1. The summed E-state index contributed by atoms with van der Waals surface area (Å²) in [7, 11) is 0. The smallest absolute Gasteiger partial charge is 0.385 e. The van der Waals surface area contributed by atoms with Crippen molar-refractivity contribution in [1.29, 1.82) is 0 Å². The van der Waals surface area contributed by atoms with Crippen LogP contribution in [0.2, 0.25) is 0 Å². The molecule has 1 aromatic carbocycles. The van der Waals surface area contributed by atoms with Gasteiger partial charge in [0.05, 0.1) is 5.56 Å². The van der Waals surface area contributed by atoms with Crippen molar-refractivity contribution in [1.82, 2.24) is 5.32 Å². The summed E-state index contributed by atoms with van der Waals surface area (Å²) in [6.07, 6.45) is -2.12. The first kappa shape index (κ1) is 13.2. The largest absolute Gasteiger partial charge is 0.416 e. The van der Waals surface area contributed by atoms with Crippen molar-refractivity contribution in [3.63, 3.8) is 0 Å². The second kappa shape index (κ2) is 5.61. The summed E-state index contributed by atoms with van der Waals surface area (Å²) >= 11 is 0. The maximum atomic E-state index is 12.5. The maximum absolute atomic E-state index is 12.5. The highest BCUT2D eigenvalue weighted by atomic mass is 19.4. The molecule has 0 aromatic heterocycles. The molecule has 0 radical (unpaired) electrons. The molecule has 2 rings (SSSR count). The van der Waals surface area contributed by atoms with Gasteiger partial charge < -0.3 is 10.6 Å². The predicted molar refractivity (Wildman–Crippen MR) is 65.5 cm³/mol. The Labute approximate surface area is 105 Å². The molecule has 1 aliphatic heterocycles. The van der Waals surface area contributed by atoms with E-state index in [0.29, 0.717) is 18.2 Å². The highest BCUT2D eigenvalue weighted by Gasteiger charge is 2.30. The first-order chi connectivity index (χ1) is 8.55. The van der Waals surface area contributed by atoms with E-state index in [0.717, 1.165) is 38.1 Å². The fraction of sp³-hybridized carbons (Fsp3) is 0.538. The molecule has 0 spiro atoms. The van der Waals surface area contributed by atoms with E-state index >= 15 is 0 Å². The van der Waals surface area contributed by atoms with Gasteiger partial charge in [0.25, 0.3) is 0 Å². The topological polar surface area (TPSA) is 24.1 Å². The average Bonchev–Trinajstić information content (AvgIpc) is 2.81. The van der Waals surface area contributed by atoms with Gasteiger partial charge in [0.2, 0.25) is 0 Å². The van der Waals surface area contributed by atoms with Crippen molar-refractivity contribution in [3.8, 4) is 0 Å². The first-order valence-electron chi connectivity index (χ1n) is 6.17. The lowest BCUT2D eigenvalue weighted by Crippen LogP contribution is -2.13. The minimum atomic E-state index is -4.27. The third-order valence-electron chi connectivity index (χ3n) is 3.23. The van der Waals surface area contributed by atoms with Gasteiger partial charge in [-0.05, 0) is 50.0 Å². The molecule has 0 saturated carbocycles. The number of alkyl halides is 3.